The zero-order valence-corrected chi connectivity index (χ0v) is 12.3. The molecule has 0 fully saturated rings. The van der Waals surface area contributed by atoms with Gasteiger partial charge in [0.15, 0.2) is 0 Å². The summed E-state index contributed by atoms with van der Waals surface area (Å²) in [5, 5.41) is 3.11. The van der Waals surface area contributed by atoms with Crippen molar-refractivity contribution in [3.63, 3.8) is 0 Å². The Balaban J connectivity index is 2.32. The summed E-state index contributed by atoms with van der Waals surface area (Å²) >= 11 is 11.9. The lowest BCUT2D eigenvalue weighted by molar-refractivity contribution is 0.102. The maximum absolute atomic E-state index is 13.3. The first-order valence-corrected chi connectivity index (χ1v) is 6.56. The molecule has 0 aliphatic carbocycles. The largest absolute Gasteiger partial charge is 0.394 e. The number of nitrogens with one attached hydrogen (secondary N) is 1. The number of hydrogen-bond donors (Lipinski definition) is 2. The quantitative estimate of drug-likeness (QED) is 0.801. The molecule has 21 heavy (non-hydrogen) atoms. The van der Waals surface area contributed by atoms with Crippen LogP contribution in [0.1, 0.15) is 15.9 Å². The Labute approximate surface area is 129 Å². The average molecular weight is 331 g/mol. The van der Waals surface area contributed by atoms with Crippen molar-refractivity contribution < 1.29 is 13.6 Å². The van der Waals surface area contributed by atoms with Crippen LogP contribution in [-0.2, 0) is 0 Å². The minimum absolute atomic E-state index is 0.216. The SMILES string of the molecule is Cc1cc(Cl)c(NC(=O)c2cc(F)c(N)c(F)c2)cc1Cl. The number of carbonyl (C=O) groups is 1. The molecule has 1 amide bonds. The van der Waals surface area contributed by atoms with Gasteiger partial charge in [-0.15, -0.1) is 0 Å². The van der Waals surface area contributed by atoms with Crippen molar-refractivity contribution in [1.29, 1.82) is 0 Å². The number of nitrogens with two attached hydrogens (primary N) is 1. The van der Waals surface area contributed by atoms with E-state index in [1.54, 1.807) is 13.0 Å². The summed E-state index contributed by atoms with van der Waals surface area (Å²) in [4.78, 5) is 12.0. The summed E-state index contributed by atoms with van der Waals surface area (Å²) in [6.45, 7) is 1.75. The highest BCUT2D eigenvalue weighted by molar-refractivity contribution is 6.36. The molecule has 3 nitrogen and oxygen atoms in total. The molecular formula is C14H10Cl2F2N2O. The monoisotopic (exact) mass is 330 g/mol. The van der Waals surface area contributed by atoms with Crippen LogP contribution < -0.4 is 11.1 Å². The van der Waals surface area contributed by atoms with Gasteiger partial charge < -0.3 is 11.1 Å². The van der Waals surface area contributed by atoms with Crippen LogP contribution in [0.5, 0.6) is 0 Å². The Hall–Kier alpha value is -1.85. The molecule has 0 aromatic heterocycles. The van der Waals surface area contributed by atoms with E-state index in [2.05, 4.69) is 5.32 Å². The highest BCUT2D eigenvalue weighted by Gasteiger charge is 2.15. The Bertz CT molecular complexity index is 712. The Morgan fingerprint density at radius 1 is 1.10 bits per heavy atom. The first-order valence-electron chi connectivity index (χ1n) is 5.81. The molecule has 0 aliphatic rings. The van der Waals surface area contributed by atoms with Crippen LogP contribution in [0.3, 0.4) is 0 Å². The molecule has 0 unspecified atom stereocenters. The van der Waals surface area contributed by atoms with Gasteiger partial charge in [-0.3, -0.25) is 4.79 Å². The second-order valence-corrected chi connectivity index (χ2v) is 5.20. The first kappa shape index (κ1) is 15.5. The predicted octanol–water partition coefficient (Wildman–Crippen LogP) is 4.41. The van der Waals surface area contributed by atoms with Crippen LogP contribution in [0.25, 0.3) is 0 Å². The fraction of sp³-hybridized carbons (Fsp3) is 0.0714. The average Bonchev–Trinajstić information content (AvgIpc) is 2.41. The van der Waals surface area contributed by atoms with Crippen molar-refractivity contribution in [2.24, 2.45) is 0 Å². The number of rotatable bonds is 2. The number of benzene rings is 2. The second kappa shape index (κ2) is 5.87. The van der Waals surface area contributed by atoms with Crippen LogP contribution in [-0.4, -0.2) is 5.91 Å². The first-order chi connectivity index (χ1) is 9.79. The Kier molecular flexibility index (Phi) is 4.34. The van der Waals surface area contributed by atoms with Gasteiger partial charge >= 0.3 is 0 Å². The van der Waals surface area contributed by atoms with E-state index in [0.29, 0.717) is 5.02 Å². The molecule has 7 heteroatoms. The fourth-order valence-electron chi connectivity index (χ4n) is 1.65. The minimum Gasteiger partial charge on any atom is -0.394 e. The van der Waals surface area contributed by atoms with E-state index in [0.717, 1.165) is 17.7 Å². The van der Waals surface area contributed by atoms with Crippen molar-refractivity contribution in [3.05, 3.63) is 57.1 Å². The molecule has 0 atom stereocenters. The fourth-order valence-corrected chi connectivity index (χ4v) is 2.08. The van der Waals surface area contributed by atoms with E-state index >= 15 is 0 Å². The summed E-state index contributed by atoms with van der Waals surface area (Å²) in [5.74, 6) is -2.74. The van der Waals surface area contributed by atoms with E-state index in [1.807, 2.05) is 0 Å². The molecule has 110 valence electrons. The summed E-state index contributed by atoms with van der Waals surface area (Å²) in [6, 6.07) is 4.72. The van der Waals surface area contributed by atoms with E-state index in [4.69, 9.17) is 28.9 Å². The molecule has 0 heterocycles. The van der Waals surface area contributed by atoms with Crippen molar-refractivity contribution in [2.75, 3.05) is 11.1 Å². The smallest absolute Gasteiger partial charge is 0.255 e. The number of hydrogen-bond acceptors (Lipinski definition) is 2. The predicted molar refractivity (Wildman–Crippen MR) is 79.9 cm³/mol. The van der Waals surface area contributed by atoms with Gasteiger partial charge in [-0.1, -0.05) is 23.2 Å². The van der Waals surface area contributed by atoms with Gasteiger partial charge in [0.2, 0.25) is 0 Å². The van der Waals surface area contributed by atoms with E-state index in [1.165, 1.54) is 6.07 Å². The molecule has 3 N–H and O–H groups in total. The second-order valence-electron chi connectivity index (χ2n) is 4.39. The molecule has 0 saturated heterocycles. The molecule has 0 saturated carbocycles. The number of amides is 1. The third-order valence-electron chi connectivity index (χ3n) is 2.84. The van der Waals surface area contributed by atoms with Crippen LogP contribution in [0.15, 0.2) is 24.3 Å². The number of nitrogen functional groups attached to an aromatic ring is 1. The summed E-state index contributed by atoms with van der Waals surface area (Å²) in [5.41, 5.74) is 5.28. The normalized spacial score (nSPS) is 10.5. The molecule has 2 aromatic rings. The molecule has 0 spiro atoms. The summed E-state index contributed by atoms with van der Waals surface area (Å²) in [6.07, 6.45) is 0. The maximum atomic E-state index is 13.3. The zero-order valence-electron chi connectivity index (χ0n) is 10.8. The minimum atomic E-state index is -1.01. The molecular weight excluding hydrogens is 321 g/mol. The molecule has 0 bridgehead atoms. The van der Waals surface area contributed by atoms with E-state index in [9.17, 15) is 13.6 Å². The van der Waals surface area contributed by atoms with Gasteiger partial charge in [0.1, 0.15) is 17.3 Å². The standard InChI is InChI=1S/C14H10Cl2F2N2O/c1-6-2-9(16)12(5-8(6)15)20-14(21)7-3-10(17)13(19)11(18)4-7/h2-5H,19H2,1H3,(H,20,21). The van der Waals surface area contributed by atoms with Gasteiger partial charge in [0, 0.05) is 10.6 Å². The van der Waals surface area contributed by atoms with Crippen LogP contribution >= 0.6 is 23.2 Å². The van der Waals surface area contributed by atoms with Crippen molar-refractivity contribution in [3.8, 4) is 0 Å². The number of halogens is 4. The third kappa shape index (κ3) is 3.25. The molecule has 0 aliphatic heterocycles. The van der Waals surface area contributed by atoms with Crippen LogP contribution in [0.2, 0.25) is 10.0 Å². The number of aryl methyl sites for hydroxylation is 1. The topological polar surface area (TPSA) is 55.1 Å². The van der Waals surface area contributed by atoms with E-state index in [-0.39, 0.29) is 16.3 Å². The van der Waals surface area contributed by atoms with Gasteiger partial charge in [-0.2, -0.15) is 0 Å². The number of carbonyl (C=O) groups excluding carboxylic acids is 1. The Morgan fingerprint density at radius 2 is 1.67 bits per heavy atom. The lowest BCUT2D eigenvalue weighted by atomic mass is 10.1. The van der Waals surface area contributed by atoms with Crippen molar-refractivity contribution >= 4 is 40.5 Å². The van der Waals surface area contributed by atoms with Gasteiger partial charge in [0.05, 0.1) is 10.7 Å². The van der Waals surface area contributed by atoms with Gasteiger partial charge in [0.25, 0.3) is 5.91 Å². The third-order valence-corrected chi connectivity index (χ3v) is 3.56. The maximum Gasteiger partial charge on any atom is 0.255 e. The highest BCUT2D eigenvalue weighted by Crippen LogP contribution is 2.29. The van der Waals surface area contributed by atoms with Gasteiger partial charge in [-0.25, -0.2) is 8.78 Å². The Morgan fingerprint density at radius 3 is 2.24 bits per heavy atom. The molecule has 2 rings (SSSR count). The lowest BCUT2D eigenvalue weighted by Crippen LogP contribution is -2.13. The van der Waals surface area contributed by atoms with Crippen molar-refractivity contribution in [2.45, 2.75) is 6.92 Å². The molecule has 0 radical (unpaired) electrons. The summed E-state index contributed by atoms with van der Waals surface area (Å²) in [7, 11) is 0. The molecule has 2 aromatic carbocycles. The van der Waals surface area contributed by atoms with Crippen molar-refractivity contribution in [1.82, 2.24) is 0 Å². The van der Waals surface area contributed by atoms with Crippen LogP contribution in [0.4, 0.5) is 20.2 Å². The highest BCUT2D eigenvalue weighted by atomic mass is 35.5. The van der Waals surface area contributed by atoms with E-state index < -0.39 is 23.2 Å². The lowest BCUT2D eigenvalue weighted by Gasteiger charge is -2.10. The summed E-state index contributed by atoms with van der Waals surface area (Å²) < 4.78 is 26.7. The number of anilines is 2. The zero-order chi connectivity index (χ0) is 15.7. The van der Waals surface area contributed by atoms with Gasteiger partial charge in [-0.05, 0) is 36.8 Å². The van der Waals surface area contributed by atoms with Crippen LogP contribution in [0, 0.1) is 18.6 Å².